The molecule has 114 valence electrons. The summed E-state index contributed by atoms with van der Waals surface area (Å²) in [6.45, 7) is 0. The number of hydrogen-bond acceptors (Lipinski definition) is 4. The zero-order valence-electron chi connectivity index (χ0n) is 12.3. The van der Waals surface area contributed by atoms with Crippen molar-refractivity contribution in [3.05, 3.63) is 23.8 Å². The third-order valence-corrected chi connectivity index (χ3v) is 3.33. The molecule has 1 aliphatic carbocycles. The molecule has 0 aliphatic heterocycles. The maximum absolute atomic E-state index is 11.7. The number of methoxy groups -OCH3 is 2. The molecule has 1 aromatic carbocycles. The van der Waals surface area contributed by atoms with Gasteiger partial charge in [-0.15, -0.1) is 0 Å². The largest absolute Gasteiger partial charge is 0.497 e. The Balaban J connectivity index is 1.81. The van der Waals surface area contributed by atoms with E-state index in [-0.39, 0.29) is 24.2 Å². The van der Waals surface area contributed by atoms with Crippen molar-refractivity contribution in [1.29, 1.82) is 0 Å². The van der Waals surface area contributed by atoms with Gasteiger partial charge in [0.25, 0.3) is 0 Å². The van der Waals surface area contributed by atoms with Gasteiger partial charge in [-0.25, -0.2) is 0 Å². The Morgan fingerprint density at radius 2 is 1.71 bits per heavy atom. The van der Waals surface area contributed by atoms with Crippen molar-refractivity contribution >= 4 is 11.8 Å². The number of ether oxygens (including phenoxy) is 2. The minimum absolute atomic E-state index is 0.0768. The minimum atomic E-state index is -0.217. The third-order valence-electron chi connectivity index (χ3n) is 3.33. The van der Waals surface area contributed by atoms with E-state index in [9.17, 15) is 9.59 Å². The summed E-state index contributed by atoms with van der Waals surface area (Å²) < 4.78 is 10.4. The Hall–Kier alpha value is -2.24. The Bertz CT molecular complexity index is 504. The second-order valence-corrected chi connectivity index (χ2v) is 5.03. The van der Waals surface area contributed by atoms with Crippen LogP contribution in [-0.2, 0) is 16.0 Å². The van der Waals surface area contributed by atoms with Gasteiger partial charge >= 0.3 is 0 Å². The van der Waals surface area contributed by atoms with Crippen LogP contribution in [-0.4, -0.2) is 26.0 Å². The number of benzene rings is 1. The van der Waals surface area contributed by atoms with E-state index in [1.807, 2.05) is 12.1 Å². The van der Waals surface area contributed by atoms with Crippen LogP contribution in [0.4, 0.5) is 0 Å². The molecule has 21 heavy (non-hydrogen) atoms. The Morgan fingerprint density at radius 1 is 1.10 bits per heavy atom. The van der Waals surface area contributed by atoms with Gasteiger partial charge in [-0.1, -0.05) is 0 Å². The topological polar surface area (TPSA) is 76.7 Å². The van der Waals surface area contributed by atoms with Gasteiger partial charge in [0.2, 0.25) is 11.8 Å². The molecule has 0 heterocycles. The predicted molar refractivity (Wildman–Crippen MR) is 76.9 cm³/mol. The molecule has 2 amide bonds. The van der Waals surface area contributed by atoms with Crippen molar-refractivity contribution in [2.45, 2.75) is 25.7 Å². The third kappa shape index (κ3) is 4.66. The summed E-state index contributed by atoms with van der Waals surface area (Å²) in [6.07, 6.45) is 2.64. The number of amides is 2. The van der Waals surface area contributed by atoms with Crippen LogP contribution in [0.2, 0.25) is 0 Å². The highest BCUT2D eigenvalue weighted by atomic mass is 16.5. The van der Waals surface area contributed by atoms with E-state index < -0.39 is 0 Å². The minimum Gasteiger partial charge on any atom is -0.497 e. The molecule has 0 bridgehead atoms. The van der Waals surface area contributed by atoms with E-state index in [0.29, 0.717) is 17.9 Å². The van der Waals surface area contributed by atoms with E-state index in [2.05, 4.69) is 10.9 Å². The van der Waals surface area contributed by atoms with Crippen molar-refractivity contribution in [2.24, 2.45) is 5.92 Å². The summed E-state index contributed by atoms with van der Waals surface area (Å²) in [6, 6.07) is 5.50. The summed E-state index contributed by atoms with van der Waals surface area (Å²) >= 11 is 0. The molecule has 1 aromatic rings. The summed E-state index contributed by atoms with van der Waals surface area (Å²) in [5, 5.41) is 0. The lowest BCUT2D eigenvalue weighted by Crippen LogP contribution is -2.42. The maximum atomic E-state index is 11.7. The standard InChI is InChI=1S/C15H20N2O4/c1-20-12-7-10(8-13(9-12)21-2)3-6-14(18)16-17-15(19)11-4-5-11/h7-9,11H,3-6H2,1-2H3,(H,16,18)(H,17,19). The van der Waals surface area contributed by atoms with E-state index in [4.69, 9.17) is 9.47 Å². The van der Waals surface area contributed by atoms with Crippen molar-refractivity contribution in [2.75, 3.05) is 14.2 Å². The van der Waals surface area contributed by atoms with Gasteiger partial charge in [0.1, 0.15) is 11.5 Å². The Kier molecular flexibility index (Phi) is 5.03. The van der Waals surface area contributed by atoms with Gasteiger partial charge in [-0.05, 0) is 37.0 Å². The molecule has 1 fully saturated rings. The summed E-state index contributed by atoms with van der Waals surface area (Å²) in [5.41, 5.74) is 5.81. The first kappa shape index (κ1) is 15.2. The maximum Gasteiger partial charge on any atom is 0.241 e. The fourth-order valence-electron chi connectivity index (χ4n) is 1.91. The molecule has 6 nitrogen and oxygen atoms in total. The van der Waals surface area contributed by atoms with E-state index >= 15 is 0 Å². The number of nitrogens with one attached hydrogen (secondary N) is 2. The molecule has 1 aliphatic rings. The Morgan fingerprint density at radius 3 is 2.24 bits per heavy atom. The first-order valence-electron chi connectivity index (χ1n) is 6.93. The van der Waals surface area contributed by atoms with Crippen LogP contribution in [0.1, 0.15) is 24.8 Å². The number of aryl methyl sites for hydroxylation is 1. The van der Waals surface area contributed by atoms with E-state index in [1.54, 1.807) is 20.3 Å². The summed E-state index contributed by atoms with van der Waals surface area (Å²) in [7, 11) is 3.16. The zero-order chi connectivity index (χ0) is 15.2. The SMILES string of the molecule is COc1cc(CCC(=O)NNC(=O)C2CC2)cc(OC)c1. The van der Waals surface area contributed by atoms with Crippen LogP contribution in [0.3, 0.4) is 0 Å². The highest BCUT2D eigenvalue weighted by Gasteiger charge is 2.29. The quantitative estimate of drug-likeness (QED) is 0.772. The summed E-state index contributed by atoms with van der Waals surface area (Å²) in [5.74, 6) is 1.13. The summed E-state index contributed by atoms with van der Waals surface area (Å²) in [4.78, 5) is 23.1. The van der Waals surface area contributed by atoms with Crippen LogP contribution in [0.15, 0.2) is 18.2 Å². The van der Waals surface area contributed by atoms with E-state index in [0.717, 1.165) is 18.4 Å². The number of rotatable bonds is 6. The second kappa shape index (κ2) is 6.97. The smallest absolute Gasteiger partial charge is 0.241 e. The number of carbonyl (C=O) groups is 2. The van der Waals surface area contributed by atoms with Crippen LogP contribution in [0.5, 0.6) is 11.5 Å². The second-order valence-electron chi connectivity index (χ2n) is 5.03. The average Bonchev–Trinajstić information content (AvgIpc) is 3.34. The van der Waals surface area contributed by atoms with Crippen LogP contribution >= 0.6 is 0 Å². The molecule has 0 radical (unpaired) electrons. The number of hydrogen-bond donors (Lipinski definition) is 2. The zero-order valence-corrected chi connectivity index (χ0v) is 12.3. The molecule has 0 atom stereocenters. The molecule has 0 unspecified atom stereocenters. The van der Waals surface area contributed by atoms with Crippen molar-refractivity contribution in [3.8, 4) is 11.5 Å². The van der Waals surface area contributed by atoms with Crippen molar-refractivity contribution in [1.82, 2.24) is 10.9 Å². The van der Waals surface area contributed by atoms with Gasteiger partial charge in [0, 0.05) is 18.4 Å². The molecule has 2 rings (SSSR count). The number of carbonyl (C=O) groups excluding carboxylic acids is 2. The van der Waals surface area contributed by atoms with Crippen LogP contribution in [0, 0.1) is 5.92 Å². The monoisotopic (exact) mass is 292 g/mol. The highest BCUT2D eigenvalue weighted by Crippen LogP contribution is 2.28. The van der Waals surface area contributed by atoms with Crippen molar-refractivity contribution < 1.29 is 19.1 Å². The fourth-order valence-corrected chi connectivity index (χ4v) is 1.91. The molecular formula is C15H20N2O4. The molecular weight excluding hydrogens is 272 g/mol. The van der Waals surface area contributed by atoms with Gasteiger partial charge in [0.05, 0.1) is 14.2 Å². The van der Waals surface area contributed by atoms with Gasteiger partial charge in [0.15, 0.2) is 0 Å². The van der Waals surface area contributed by atoms with Crippen molar-refractivity contribution in [3.63, 3.8) is 0 Å². The molecule has 0 spiro atoms. The Labute approximate surface area is 123 Å². The highest BCUT2D eigenvalue weighted by molar-refractivity contribution is 5.84. The van der Waals surface area contributed by atoms with Crippen LogP contribution in [0.25, 0.3) is 0 Å². The molecule has 0 saturated heterocycles. The normalized spacial score (nSPS) is 13.4. The van der Waals surface area contributed by atoms with Gasteiger partial charge in [-0.3, -0.25) is 20.4 Å². The van der Waals surface area contributed by atoms with E-state index in [1.165, 1.54) is 0 Å². The fraction of sp³-hybridized carbons (Fsp3) is 0.467. The lowest BCUT2D eigenvalue weighted by molar-refractivity contribution is -0.129. The lowest BCUT2D eigenvalue weighted by atomic mass is 10.1. The first-order chi connectivity index (χ1) is 10.1. The molecule has 1 saturated carbocycles. The molecule has 2 N–H and O–H groups in total. The predicted octanol–water partition coefficient (Wildman–Crippen LogP) is 1.19. The lowest BCUT2D eigenvalue weighted by Gasteiger charge is -2.09. The van der Waals surface area contributed by atoms with Gasteiger partial charge < -0.3 is 9.47 Å². The van der Waals surface area contributed by atoms with Gasteiger partial charge in [-0.2, -0.15) is 0 Å². The first-order valence-corrected chi connectivity index (χ1v) is 6.93. The molecule has 6 heteroatoms. The average molecular weight is 292 g/mol. The van der Waals surface area contributed by atoms with Crippen LogP contribution < -0.4 is 20.3 Å². The molecule has 0 aromatic heterocycles. The number of hydrazine groups is 1.